The number of rotatable bonds is 6. The summed E-state index contributed by atoms with van der Waals surface area (Å²) in [6.45, 7) is 0. The van der Waals surface area contributed by atoms with Crippen molar-refractivity contribution < 1.29 is 8.83 Å². The average Bonchev–Trinajstić information content (AvgIpc) is 3.97. The highest BCUT2D eigenvalue weighted by Crippen LogP contribution is 2.45. The molecule has 272 valence electrons. The van der Waals surface area contributed by atoms with Crippen LogP contribution in [0.3, 0.4) is 0 Å². The summed E-state index contributed by atoms with van der Waals surface area (Å²) in [5.74, 6) is 0. The fraction of sp³-hybridized carbons (Fsp3) is 0. The largest absolute Gasteiger partial charge is 0.456 e. The molecular formula is C54H34N2O2. The Balaban J connectivity index is 1.03. The quantitative estimate of drug-likeness (QED) is 0.170. The molecule has 0 aliphatic rings. The predicted octanol–water partition coefficient (Wildman–Crippen LogP) is 15.4. The minimum atomic E-state index is 0.857. The monoisotopic (exact) mass is 742 g/mol. The van der Waals surface area contributed by atoms with Crippen LogP contribution in [0.15, 0.2) is 215 Å². The van der Waals surface area contributed by atoms with Gasteiger partial charge in [0.1, 0.15) is 22.3 Å². The molecule has 12 aromatic rings. The number of hydrogen-bond acceptors (Lipinski definition) is 3. The number of aromatic nitrogens is 1. The molecule has 9 aromatic carbocycles. The van der Waals surface area contributed by atoms with Crippen molar-refractivity contribution in [2.45, 2.75) is 0 Å². The SMILES string of the molecule is c1ccc(-c2cccc3c2oc2ccc(-c4ccc(N(c5ccc6c(c5)oc5ccccc56)c5cccc6c5c5ccccc5n6-c5ccccc5)cc4)cc23)cc1. The number of furan rings is 2. The lowest BCUT2D eigenvalue weighted by Gasteiger charge is -2.27. The van der Waals surface area contributed by atoms with E-state index >= 15 is 0 Å². The number of anilines is 3. The molecule has 0 unspecified atom stereocenters. The maximum Gasteiger partial charge on any atom is 0.143 e. The maximum absolute atomic E-state index is 6.51. The first kappa shape index (κ1) is 32.4. The van der Waals surface area contributed by atoms with Gasteiger partial charge in [-0.3, -0.25) is 0 Å². The smallest absolute Gasteiger partial charge is 0.143 e. The predicted molar refractivity (Wildman–Crippen MR) is 241 cm³/mol. The van der Waals surface area contributed by atoms with Crippen molar-refractivity contribution in [1.82, 2.24) is 4.57 Å². The van der Waals surface area contributed by atoms with E-state index in [0.717, 1.165) is 99.9 Å². The lowest BCUT2D eigenvalue weighted by atomic mass is 10.00. The minimum Gasteiger partial charge on any atom is -0.456 e. The zero-order valence-electron chi connectivity index (χ0n) is 31.3. The van der Waals surface area contributed by atoms with Gasteiger partial charge in [0.05, 0.1) is 16.7 Å². The van der Waals surface area contributed by atoms with Crippen molar-refractivity contribution in [2.24, 2.45) is 0 Å². The molecule has 0 fully saturated rings. The molecule has 0 aliphatic heterocycles. The Hall–Kier alpha value is -7.82. The van der Waals surface area contributed by atoms with Crippen molar-refractivity contribution in [3.63, 3.8) is 0 Å². The standard InChI is InChI=1S/C54H34N2O2/c1-3-13-36(14-4-1)41-19-11-20-44-46-33-37(27-32-51(46)58-54(41)44)35-25-28-39(29-26-35)55(40-30-31-43-42-17-8-10-24-50(42)57-52(43)34-40)48-22-12-23-49-53(48)45-18-7-9-21-47(45)56(49)38-15-5-2-6-16-38/h1-34H. The fourth-order valence-electron chi connectivity index (χ4n) is 8.95. The van der Waals surface area contributed by atoms with Crippen molar-refractivity contribution in [3.8, 4) is 27.9 Å². The molecule has 0 amide bonds. The number of benzene rings is 9. The molecule has 0 aliphatic carbocycles. The Bertz CT molecular complexity index is 3500. The third-order valence-electron chi connectivity index (χ3n) is 11.6. The van der Waals surface area contributed by atoms with Crippen molar-refractivity contribution in [2.75, 3.05) is 4.90 Å². The summed E-state index contributed by atoms with van der Waals surface area (Å²) < 4.78 is 15.3. The molecule has 58 heavy (non-hydrogen) atoms. The van der Waals surface area contributed by atoms with Crippen LogP contribution in [0.5, 0.6) is 0 Å². The summed E-state index contributed by atoms with van der Waals surface area (Å²) in [5.41, 5.74) is 14.6. The van der Waals surface area contributed by atoms with Gasteiger partial charge in [-0.15, -0.1) is 0 Å². The van der Waals surface area contributed by atoms with Gasteiger partial charge in [0.2, 0.25) is 0 Å². The van der Waals surface area contributed by atoms with E-state index in [1.54, 1.807) is 0 Å². The molecule has 4 heteroatoms. The van der Waals surface area contributed by atoms with Crippen LogP contribution in [0, 0.1) is 0 Å². The van der Waals surface area contributed by atoms with Gasteiger partial charge in [-0.05, 0) is 89.5 Å². The van der Waals surface area contributed by atoms with Crippen LogP contribution in [0.1, 0.15) is 0 Å². The van der Waals surface area contributed by atoms with E-state index in [2.05, 4.69) is 198 Å². The van der Waals surface area contributed by atoms with Gasteiger partial charge in [0.25, 0.3) is 0 Å². The average molecular weight is 743 g/mol. The lowest BCUT2D eigenvalue weighted by molar-refractivity contribution is 0.669. The third kappa shape index (κ3) is 5.02. The van der Waals surface area contributed by atoms with Crippen molar-refractivity contribution in [3.05, 3.63) is 206 Å². The van der Waals surface area contributed by atoms with Gasteiger partial charge in [-0.1, -0.05) is 127 Å². The molecule has 0 radical (unpaired) electrons. The zero-order valence-corrected chi connectivity index (χ0v) is 31.3. The molecule has 4 nitrogen and oxygen atoms in total. The number of para-hydroxylation sites is 4. The van der Waals surface area contributed by atoms with Gasteiger partial charge >= 0.3 is 0 Å². The summed E-state index contributed by atoms with van der Waals surface area (Å²) >= 11 is 0. The van der Waals surface area contributed by atoms with Crippen LogP contribution in [-0.2, 0) is 0 Å². The number of hydrogen-bond donors (Lipinski definition) is 0. The third-order valence-corrected chi connectivity index (χ3v) is 11.6. The van der Waals surface area contributed by atoms with E-state index in [4.69, 9.17) is 8.83 Å². The Kier molecular flexibility index (Phi) is 7.20. The van der Waals surface area contributed by atoms with Crippen LogP contribution in [0.4, 0.5) is 17.1 Å². The van der Waals surface area contributed by atoms with Crippen LogP contribution < -0.4 is 4.90 Å². The fourth-order valence-corrected chi connectivity index (χ4v) is 8.95. The lowest BCUT2D eigenvalue weighted by Crippen LogP contribution is -2.10. The van der Waals surface area contributed by atoms with Gasteiger partial charge in [0, 0.05) is 61.0 Å². The van der Waals surface area contributed by atoms with Gasteiger partial charge in [-0.2, -0.15) is 0 Å². The van der Waals surface area contributed by atoms with E-state index in [0.29, 0.717) is 0 Å². The van der Waals surface area contributed by atoms with E-state index in [9.17, 15) is 0 Å². The second-order valence-electron chi connectivity index (χ2n) is 14.9. The molecule has 0 bridgehead atoms. The summed E-state index contributed by atoms with van der Waals surface area (Å²) in [7, 11) is 0. The molecule has 0 N–H and O–H groups in total. The van der Waals surface area contributed by atoms with Gasteiger partial charge in [-0.25, -0.2) is 0 Å². The molecule has 3 aromatic heterocycles. The highest BCUT2D eigenvalue weighted by Gasteiger charge is 2.22. The van der Waals surface area contributed by atoms with Crippen LogP contribution in [-0.4, -0.2) is 4.57 Å². The van der Waals surface area contributed by atoms with Gasteiger partial charge < -0.3 is 18.3 Å². The summed E-state index contributed by atoms with van der Waals surface area (Å²) in [5, 5.41) is 6.82. The second-order valence-corrected chi connectivity index (χ2v) is 14.9. The highest BCUT2D eigenvalue weighted by atomic mass is 16.3. The molecule has 12 rings (SSSR count). The Morgan fingerprint density at radius 2 is 1.02 bits per heavy atom. The van der Waals surface area contributed by atoms with Crippen molar-refractivity contribution >= 4 is 82.7 Å². The van der Waals surface area contributed by atoms with E-state index in [1.165, 1.54) is 10.8 Å². The number of fused-ring (bicyclic) bond motifs is 9. The van der Waals surface area contributed by atoms with Crippen LogP contribution >= 0.6 is 0 Å². The van der Waals surface area contributed by atoms with E-state index in [-0.39, 0.29) is 0 Å². The van der Waals surface area contributed by atoms with E-state index < -0.39 is 0 Å². The van der Waals surface area contributed by atoms with E-state index in [1.807, 2.05) is 18.2 Å². The van der Waals surface area contributed by atoms with Crippen LogP contribution in [0.2, 0.25) is 0 Å². The molecule has 0 spiro atoms. The summed E-state index contributed by atoms with van der Waals surface area (Å²) in [6, 6.07) is 73.2. The Morgan fingerprint density at radius 1 is 0.362 bits per heavy atom. The summed E-state index contributed by atoms with van der Waals surface area (Å²) in [6.07, 6.45) is 0. The number of nitrogens with zero attached hydrogens (tertiary/aromatic N) is 2. The second kappa shape index (κ2) is 12.9. The van der Waals surface area contributed by atoms with Crippen LogP contribution in [0.25, 0.3) is 93.6 Å². The molecular weight excluding hydrogens is 709 g/mol. The Morgan fingerprint density at radius 3 is 1.88 bits per heavy atom. The first-order valence-electron chi connectivity index (χ1n) is 19.7. The normalized spacial score (nSPS) is 11.8. The molecule has 0 saturated carbocycles. The molecule has 0 saturated heterocycles. The first-order chi connectivity index (χ1) is 28.8. The topological polar surface area (TPSA) is 34.5 Å². The van der Waals surface area contributed by atoms with Crippen molar-refractivity contribution in [1.29, 1.82) is 0 Å². The molecule has 0 atom stereocenters. The first-order valence-corrected chi connectivity index (χ1v) is 19.7. The maximum atomic E-state index is 6.51. The highest BCUT2D eigenvalue weighted by molar-refractivity contribution is 6.17. The minimum absolute atomic E-state index is 0.857. The van der Waals surface area contributed by atoms with Gasteiger partial charge in [0.15, 0.2) is 0 Å². The Labute approximate surface area is 334 Å². The molecule has 3 heterocycles. The zero-order chi connectivity index (χ0) is 38.2. The summed E-state index contributed by atoms with van der Waals surface area (Å²) in [4.78, 5) is 2.37.